The molecule has 2 fully saturated rings. The summed E-state index contributed by atoms with van der Waals surface area (Å²) in [5, 5.41) is 3.78. The zero-order valence-electron chi connectivity index (χ0n) is 11.8. The van der Waals surface area contributed by atoms with Gasteiger partial charge in [-0.2, -0.15) is 0 Å². The van der Waals surface area contributed by atoms with Crippen LogP contribution in [-0.2, 0) is 0 Å². The number of rotatable bonds is 8. The van der Waals surface area contributed by atoms with Gasteiger partial charge in [0.15, 0.2) is 0 Å². The van der Waals surface area contributed by atoms with Crippen LogP contribution in [0.3, 0.4) is 0 Å². The summed E-state index contributed by atoms with van der Waals surface area (Å²) in [6, 6.07) is 2.57. The van der Waals surface area contributed by atoms with Crippen molar-refractivity contribution in [3.8, 4) is 0 Å². The fourth-order valence-corrected chi connectivity index (χ4v) is 3.27. The lowest BCUT2D eigenvalue weighted by molar-refractivity contribution is 0.160. The van der Waals surface area contributed by atoms with E-state index in [1.807, 2.05) is 0 Å². The molecule has 0 amide bonds. The molecule has 0 aliphatic heterocycles. The smallest absolute Gasteiger partial charge is 0.0252 e. The predicted octanol–water partition coefficient (Wildman–Crippen LogP) is 3.17. The first-order chi connectivity index (χ1) is 8.36. The van der Waals surface area contributed by atoms with Crippen molar-refractivity contribution in [2.75, 3.05) is 13.1 Å². The Bertz CT molecular complexity index is 213. The van der Waals surface area contributed by atoms with Gasteiger partial charge in [0.05, 0.1) is 0 Å². The zero-order chi connectivity index (χ0) is 12.1. The Kier molecular flexibility index (Phi) is 5.30. The maximum Gasteiger partial charge on any atom is 0.0252 e. The Morgan fingerprint density at radius 2 is 1.88 bits per heavy atom. The van der Waals surface area contributed by atoms with Crippen LogP contribution in [0.5, 0.6) is 0 Å². The topological polar surface area (TPSA) is 15.3 Å². The van der Waals surface area contributed by atoms with Crippen LogP contribution in [-0.4, -0.2) is 36.1 Å². The number of hydrogen-bond donors (Lipinski definition) is 1. The fraction of sp³-hybridized carbons (Fsp3) is 1.00. The molecule has 0 radical (unpaired) electrons. The molecular formula is C15H30N2. The molecule has 2 heteroatoms. The normalized spacial score (nSPS) is 29.1. The van der Waals surface area contributed by atoms with Crippen LogP contribution < -0.4 is 5.32 Å². The van der Waals surface area contributed by atoms with Crippen LogP contribution in [0.2, 0.25) is 0 Å². The average molecular weight is 238 g/mol. The summed E-state index contributed by atoms with van der Waals surface area (Å²) in [6.07, 6.45) is 11.2. The molecule has 2 aliphatic carbocycles. The summed E-state index contributed by atoms with van der Waals surface area (Å²) >= 11 is 0. The van der Waals surface area contributed by atoms with Gasteiger partial charge < -0.3 is 5.32 Å². The molecule has 2 saturated carbocycles. The minimum Gasteiger partial charge on any atom is -0.312 e. The van der Waals surface area contributed by atoms with Crippen LogP contribution in [0.1, 0.15) is 65.2 Å². The van der Waals surface area contributed by atoms with Gasteiger partial charge >= 0.3 is 0 Å². The summed E-state index contributed by atoms with van der Waals surface area (Å²) in [7, 11) is 0. The highest BCUT2D eigenvalue weighted by Gasteiger charge is 2.38. The molecule has 2 aliphatic rings. The van der Waals surface area contributed by atoms with Gasteiger partial charge in [-0.05, 0) is 51.6 Å². The zero-order valence-corrected chi connectivity index (χ0v) is 11.8. The third kappa shape index (κ3) is 3.69. The third-order valence-corrected chi connectivity index (χ3v) is 4.35. The standard InChI is InChI=1S/C15H30N2/c1-3-5-12-17(13-9-10-13)15-8-6-7-14(15)16-11-4-2/h13-16H,3-12H2,1-2H3. The minimum atomic E-state index is 0.785. The largest absolute Gasteiger partial charge is 0.312 e. The molecule has 2 atom stereocenters. The lowest BCUT2D eigenvalue weighted by atomic mass is 10.1. The molecule has 0 bridgehead atoms. The van der Waals surface area contributed by atoms with Gasteiger partial charge in [0, 0.05) is 18.1 Å². The van der Waals surface area contributed by atoms with E-state index in [9.17, 15) is 0 Å². The van der Waals surface area contributed by atoms with E-state index >= 15 is 0 Å². The molecule has 0 aromatic rings. The van der Waals surface area contributed by atoms with Crippen LogP contribution in [0.4, 0.5) is 0 Å². The summed E-state index contributed by atoms with van der Waals surface area (Å²) < 4.78 is 0. The molecule has 0 aromatic carbocycles. The van der Waals surface area contributed by atoms with Crippen molar-refractivity contribution in [2.24, 2.45) is 0 Å². The fourth-order valence-electron chi connectivity index (χ4n) is 3.27. The van der Waals surface area contributed by atoms with Crippen molar-refractivity contribution in [1.82, 2.24) is 10.2 Å². The lowest BCUT2D eigenvalue weighted by Gasteiger charge is -2.33. The highest BCUT2D eigenvalue weighted by atomic mass is 15.2. The van der Waals surface area contributed by atoms with Gasteiger partial charge in [0.1, 0.15) is 0 Å². The molecule has 0 saturated heterocycles. The van der Waals surface area contributed by atoms with E-state index in [1.54, 1.807) is 0 Å². The molecule has 100 valence electrons. The predicted molar refractivity (Wildman–Crippen MR) is 74.4 cm³/mol. The van der Waals surface area contributed by atoms with E-state index in [-0.39, 0.29) is 0 Å². The Labute approximate surface area is 107 Å². The molecule has 17 heavy (non-hydrogen) atoms. The van der Waals surface area contributed by atoms with Crippen LogP contribution >= 0.6 is 0 Å². The van der Waals surface area contributed by atoms with Gasteiger partial charge in [-0.1, -0.05) is 26.7 Å². The summed E-state index contributed by atoms with van der Waals surface area (Å²) in [4.78, 5) is 2.85. The van der Waals surface area contributed by atoms with Crippen molar-refractivity contribution < 1.29 is 0 Å². The van der Waals surface area contributed by atoms with E-state index in [2.05, 4.69) is 24.1 Å². The van der Waals surface area contributed by atoms with Gasteiger partial charge in [0.2, 0.25) is 0 Å². The molecule has 2 rings (SSSR count). The quantitative estimate of drug-likeness (QED) is 0.699. The van der Waals surface area contributed by atoms with Crippen molar-refractivity contribution >= 4 is 0 Å². The Morgan fingerprint density at radius 1 is 1.06 bits per heavy atom. The first-order valence-corrected chi connectivity index (χ1v) is 7.86. The second kappa shape index (κ2) is 6.75. The molecule has 0 heterocycles. The summed E-state index contributed by atoms with van der Waals surface area (Å²) in [5.74, 6) is 0. The number of nitrogens with zero attached hydrogens (tertiary/aromatic N) is 1. The highest BCUT2D eigenvalue weighted by Crippen LogP contribution is 2.34. The van der Waals surface area contributed by atoms with Crippen molar-refractivity contribution in [3.63, 3.8) is 0 Å². The van der Waals surface area contributed by atoms with Gasteiger partial charge in [-0.3, -0.25) is 4.90 Å². The van der Waals surface area contributed by atoms with E-state index < -0.39 is 0 Å². The van der Waals surface area contributed by atoms with E-state index in [0.29, 0.717) is 0 Å². The van der Waals surface area contributed by atoms with Gasteiger partial charge in [0.25, 0.3) is 0 Å². The highest BCUT2D eigenvalue weighted by molar-refractivity contribution is 4.96. The van der Waals surface area contributed by atoms with Crippen LogP contribution in [0, 0.1) is 0 Å². The SMILES string of the molecule is CCCCN(C1CC1)C1CCCC1NCCC. The average Bonchev–Trinajstić information content (AvgIpc) is 3.07. The van der Waals surface area contributed by atoms with Gasteiger partial charge in [-0.25, -0.2) is 0 Å². The number of nitrogens with one attached hydrogen (secondary N) is 1. The molecule has 1 N–H and O–H groups in total. The number of unbranched alkanes of at least 4 members (excludes halogenated alkanes) is 1. The first kappa shape index (κ1) is 13.4. The number of hydrogen-bond acceptors (Lipinski definition) is 2. The van der Waals surface area contributed by atoms with E-state index in [1.165, 1.54) is 64.5 Å². The Morgan fingerprint density at radius 3 is 2.53 bits per heavy atom. The molecule has 2 nitrogen and oxygen atoms in total. The molecule has 0 spiro atoms. The maximum absolute atomic E-state index is 3.78. The summed E-state index contributed by atoms with van der Waals surface area (Å²) in [6.45, 7) is 7.13. The Hall–Kier alpha value is -0.0800. The second-order valence-corrected chi connectivity index (χ2v) is 5.88. The van der Waals surface area contributed by atoms with Gasteiger partial charge in [-0.15, -0.1) is 0 Å². The maximum atomic E-state index is 3.78. The van der Waals surface area contributed by atoms with Crippen molar-refractivity contribution in [1.29, 1.82) is 0 Å². The van der Waals surface area contributed by atoms with Crippen LogP contribution in [0.15, 0.2) is 0 Å². The van der Waals surface area contributed by atoms with Crippen LogP contribution in [0.25, 0.3) is 0 Å². The van der Waals surface area contributed by atoms with Crippen molar-refractivity contribution in [2.45, 2.75) is 83.3 Å². The van der Waals surface area contributed by atoms with E-state index in [0.717, 1.165) is 18.1 Å². The van der Waals surface area contributed by atoms with Crippen molar-refractivity contribution in [3.05, 3.63) is 0 Å². The van der Waals surface area contributed by atoms with E-state index in [4.69, 9.17) is 0 Å². The first-order valence-electron chi connectivity index (χ1n) is 7.86. The second-order valence-electron chi connectivity index (χ2n) is 5.88. The molecule has 0 aromatic heterocycles. The lowest BCUT2D eigenvalue weighted by Crippen LogP contribution is -2.48. The molecular weight excluding hydrogens is 208 g/mol. The molecule has 2 unspecified atom stereocenters. The third-order valence-electron chi connectivity index (χ3n) is 4.35. The Balaban J connectivity index is 1.86. The monoisotopic (exact) mass is 238 g/mol. The minimum absolute atomic E-state index is 0.785. The summed E-state index contributed by atoms with van der Waals surface area (Å²) in [5.41, 5.74) is 0.